The van der Waals surface area contributed by atoms with Crippen molar-refractivity contribution in [3.05, 3.63) is 71.8 Å². The summed E-state index contributed by atoms with van der Waals surface area (Å²) in [5.74, 6) is -0.251. The third-order valence-corrected chi connectivity index (χ3v) is 5.55. The molecule has 1 heterocycles. The molecule has 2 aromatic carbocycles. The zero-order valence-corrected chi connectivity index (χ0v) is 19.7. The molecule has 0 radical (unpaired) electrons. The minimum atomic E-state index is -0.298. The van der Waals surface area contributed by atoms with E-state index >= 15 is 0 Å². The molecular weight excluding hydrogens is 402 g/mol. The Balaban J connectivity index is 0.000000451. The van der Waals surface area contributed by atoms with Gasteiger partial charge in [0.25, 0.3) is 0 Å². The number of carbonyl (C=O) groups is 2. The summed E-state index contributed by atoms with van der Waals surface area (Å²) in [5, 5.41) is 0. The van der Waals surface area contributed by atoms with Crippen molar-refractivity contribution in [1.29, 1.82) is 0 Å². The van der Waals surface area contributed by atoms with Crippen molar-refractivity contribution in [3.63, 3.8) is 0 Å². The number of hydrogen-bond donors (Lipinski definition) is 0. The highest BCUT2D eigenvalue weighted by molar-refractivity contribution is 5.80. The van der Waals surface area contributed by atoms with Crippen LogP contribution in [-0.4, -0.2) is 72.4 Å². The molecule has 32 heavy (non-hydrogen) atoms. The number of hydrogen-bond acceptors (Lipinski definition) is 5. The molecule has 174 valence electrons. The maximum Gasteiger partial charge on any atom is 0.320 e. The van der Waals surface area contributed by atoms with Crippen LogP contribution in [0.15, 0.2) is 60.7 Å². The highest BCUT2D eigenvalue weighted by Crippen LogP contribution is 2.10. The molecule has 1 fully saturated rings. The molecule has 0 unspecified atom stereocenters. The first kappa shape index (κ1) is 25.6. The number of esters is 1. The van der Waals surface area contributed by atoms with Gasteiger partial charge < -0.3 is 14.5 Å². The number of benzene rings is 2. The second-order valence-electron chi connectivity index (χ2n) is 7.78. The summed E-state index contributed by atoms with van der Waals surface area (Å²) in [4.78, 5) is 30.3. The molecule has 0 N–H and O–H groups in total. The van der Waals surface area contributed by atoms with E-state index < -0.39 is 0 Å². The standard InChI is InChI=1S/C20H22N2O3.C6H15N/c23-19-14-21(11-12-22(19)13-17-7-3-1-4-8-17)15-20(24)25-16-18-9-5-2-6-10-18;1-4-7(5-2)6-3/h1-10H,11-16H2;4-6H2,1-3H3. The maximum atomic E-state index is 12.3. The first-order valence-corrected chi connectivity index (χ1v) is 11.5. The Labute approximate surface area is 192 Å². The number of nitrogens with zero attached hydrogens (tertiary/aromatic N) is 3. The zero-order valence-electron chi connectivity index (χ0n) is 19.7. The van der Waals surface area contributed by atoms with Gasteiger partial charge in [-0.3, -0.25) is 14.5 Å². The molecule has 2 aromatic rings. The van der Waals surface area contributed by atoms with Crippen LogP contribution in [0.25, 0.3) is 0 Å². The van der Waals surface area contributed by atoms with Gasteiger partial charge in [0.1, 0.15) is 6.61 Å². The van der Waals surface area contributed by atoms with Gasteiger partial charge in [0.05, 0.1) is 13.1 Å². The highest BCUT2D eigenvalue weighted by Gasteiger charge is 2.25. The SMILES string of the molecule is CCN(CC)CC.O=C(CN1CCN(Cc2ccccc2)C(=O)C1)OCc1ccccc1. The van der Waals surface area contributed by atoms with Gasteiger partial charge in [-0.1, -0.05) is 81.4 Å². The van der Waals surface area contributed by atoms with E-state index in [2.05, 4.69) is 25.7 Å². The molecule has 1 amide bonds. The second kappa shape index (κ2) is 14.4. The third-order valence-electron chi connectivity index (χ3n) is 5.55. The zero-order chi connectivity index (χ0) is 23.2. The fourth-order valence-electron chi connectivity index (χ4n) is 3.50. The van der Waals surface area contributed by atoms with Gasteiger partial charge in [0.15, 0.2) is 0 Å². The Bertz CT molecular complexity index is 787. The lowest BCUT2D eigenvalue weighted by molar-refractivity contribution is -0.148. The lowest BCUT2D eigenvalue weighted by Gasteiger charge is -2.33. The van der Waals surface area contributed by atoms with E-state index in [0.29, 0.717) is 19.6 Å². The minimum absolute atomic E-state index is 0.0472. The van der Waals surface area contributed by atoms with E-state index in [0.717, 1.165) is 11.1 Å². The lowest BCUT2D eigenvalue weighted by Crippen LogP contribution is -2.51. The fourth-order valence-corrected chi connectivity index (χ4v) is 3.50. The van der Waals surface area contributed by atoms with Gasteiger partial charge in [-0.05, 0) is 30.8 Å². The van der Waals surface area contributed by atoms with Crippen molar-refractivity contribution in [1.82, 2.24) is 14.7 Å². The van der Waals surface area contributed by atoms with Gasteiger partial charge >= 0.3 is 5.97 Å². The van der Waals surface area contributed by atoms with Crippen molar-refractivity contribution in [2.75, 3.05) is 45.8 Å². The van der Waals surface area contributed by atoms with Gasteiger partial charge in [-0.25, -0.2) is 0 Å². The van der Waals surface area contributed by atoms with Crippen LogP contribution in [0.5, 0.6) is 0 Å². The largest absolute Gasteiger partial charge is 0.460 e. The third kappa shape index (κ3) is 9.20. The molecule has 6 nitrogen and oxygen atoms in total. The first-order chi connectivity index (χ1) is 15.5. The molecule has 6 heteroatoms. The van der Waals surface area contributed by atoms with Crippen LogP contribution >= 0.6 is 0 Å². The summed E-state index contributed by atoms with van der Waals surface area (Å²) in [6.45, 7) is 12.7. The summed E-state index contributed by atoms with van der Waals surface area (Å²) < 4.78 is 5.28. The Kier molecular flexibility index (Phi) is 11.5. The Morgan fingerprint density at radius 2 is 1.44 bits per heavy atom. The summed E-state index contributed by atoms with van der Waals surface area (Å²) in [5.41, 5.74) is 2.08. The normalized spacial score (nSPS) is 14.1. The number of carbonyl (C=O) groups excluding carboxylic acids is 2. The molecule has 0 aromatic heterocycles. The van der Waals surface area contributed by atoms with E-state index in [1.54, 1.807) is 0 Å². The number of ether oxygens (including phenoxy) is 1. The van der Waals surface area contributed by atoms with Gasteiger partial charge in [0.2, 0.25) is 5.91 Å². The lowest BCUT2D eigenvalue weighted by atomic mass is 10.2. The van der Waals surface area contributed by atoms with Crippen LogP contribution in [0.3, 0.4) is 0 Å². The van der Waals surface area contributed by atoms with Crippen molar-refractivity contribution in [3.8, 4) is 0 Å². The molecule has 0 saturated carbocycles. The van der Waals surface area contributed by atoms with Crippen molar-refractivity contribution in [2.24, 2.45) is 0 Å². The van der Waals surface area contributed by atoms with Crippen LogP contribution in [0.2, 0.25) is 0 Å². The summed E-state index contributed by atoms with van der Waals surface area (Å²) >= 11 is 0. The van der Waals surface area contributed by atoms with Crippen molar-refractivity contribution >= 4 is 11.9 Å². The predicted molar refractivity (Wildman–Crippen MR) is 128 cm³/mol. The van der Waals surface area contributed by atoms with Crippen molar-refractivity contribution in [2.45, 2.75) is 33.9 Å². The number of piperazine rings is 1. The molecule has 1 aliphatic heterocycles. The Hall–Kier alpha value is -2.70. The summed E-state index contributed by atoms with van der Waals surface area (Å²) in [6, 6.07) is 19.5. The van der Waals surface area contributed by atoms with Crippen LogP contribution in [0, 0.1) is 0 Å². The molecule has 3 rings (SSSR count). The van der Waals surface area contributed by atoms with Crippen LogP contribution < -0.4 is 0 Å². The van der Waals surface area contributed by atoms with Gasteiger partial charge in [0, 0.05) is 19.6 Å². The number of amides is 1. The van der Waals surface area contributed by atoms with E-state index in [4.69, 9.17) is 4.74 Å². The van der Waals surface area contributed by atoms with E-state index in [1.165, 1.54) is 19.6 Å². The minimum Gasteiger partial charge on any atom is -0.460 e. The van der Waals surface area contributed by atoms with Crippen molar-refractivity contribution < 1.29 is 14.3 Å². The topological polar surface area (TPSA) is 53.1 Å². The molecule has 0 atom stereocenters. The molecule has 0 bridgehead atoms. The second-order valence-corrected chi connectivity index (χ2v) is 7.78. The van der Waals surface area contributed by atoms with Gasteiger partial charge in [-0.15, -0.1) is 0 Å². The fraction of sp³-hybridized carbons (Fsp3) is 0.462. The van der Waals surface area contributed by atoms with Crippen LogP contribution in [0.1, 0.15) is 31.9 Å². The monoisotopic (exact) mass is 439 g/mol. The molecule has 1 saturated heterocycles. The summed E-state index contributed by atoms with van der Waals surface area (Å²) in [7, 11) is 0. The Morgan fingerprint density at radius 3 is 1.94 bits per heavy atom. The van der Waals surface area contributed by atoms with Crippen LogP contribution in [0.4, 0.5) is 0 Å². The first-order valence-electron chi connectivity index (χ1n) is 11.5. The quantitative estimate of drug-likeness (QED) is 0.561. The predicted octanol–water partition coefficient (Wildman–Crippen LogP) is 3.42. The molecule has 0 aliphatic carbocycles. The van der Waals surface area contributed by atoms with E-state index in [9.17, 15) is 9.59 Å². The molecule has 0 spiro atoms. The van der Waals surface area contributed by atoms with Gasteiger partial charge in [-0.2, -0.15) is 0 Å². The molecular formula is C26H37N3O3. The van der Waals surface area contributed by atoms with E-state index in [-0.39, 0.29) is 31.6 Å². The summed E-state index contributed by atoms with van der Waals surface area (Å²) in [6.07, 6.45) is 0. The van der Waals surface area contributed by atoms with E-state index in [1.807, 2.05) is 70.5 Å². The van der Waals surface area contributed by atoms with Crippen LogP contribution in [-0.2, 0) is 27.5 Å². The smallest absolute Gasteiger partial charge is 0.320 e. The highest BCUT2D eigenvalue weighted by atomic mass is 16.5. The maximum absolute atomic E-state index is 12.3. The average Bonchev–Trinajstić information content (AvgIpc) is 2.82. The average molecular weight is 440 g/mol. The number of rotatable bonds is 9. The molecule has 1 aliphatic rings. The Morgan fingerprint density at radius 1 is 0.875 bits per heavy atom.